The lowest BCUT2D eigenvalue weighted by atomic mass is 9.46. The molecule has 1 aromatic carbocycles. The lowest BCUT2D eigenvalue weighted by Gasteiger charge is -2.60. The largest absolute Gasteiger partial charge is 0.393 e. The molecule has 2 aliphatic heterocycles. The molecule has 8 rings (SSSR count). The van der Waals surface area contributed by atoms with Gasteiger partial charge in [-0.3, -0.25) is 4.90 Å². The second-order valence-electron chi connectivity index (χ2n) is 20.2. The van der Waals surface area contributed by atoms with Crippen LogP contribution in [0.5, 0.6) is 0 Å². The van der Waals surface area contributed by atoms with E-state index in [9.17, 15) is 15.3 Å². The molecule has 2 heterocycles. The standard InChI is InChI=1S/C44H69NO3/c1-27(2)11-13-31(30-9-7-6-8-10-30)19-29-17-18-44(23-29)26-42(4)37-20-33-32(34(37)21-39(46)38(42)22-41(44)47)14-15-36-35(33)25-45-24-28(3)12-16-40(45)43(36,5)48/h6-10,27-29,31-41,46-48H,11-26H2,1-5H3. The van der Waals surface area contributed by atoms with E-state index in [1.165, 1.54) is 69.9 Å². The third kappa shape index (κ3) is 5.59. The maximum absolute atomic E-state index is 12.2. The molecule has 0 aromatic heterocycles. The first-order valence-electron chi connectivity index (χ1n) is 20.8. The Balaban J connectivity index is 1.03. The number of aliphatic hydroxyl groups excluding tert-OH is 2. The summed E-state index contributed by atoms with van der Waals surface area (Å²) >= 11 is 0. The molecule has 5 saturated carbocycles. The third-order valence-electron chi connectivity index (χ3n) is 17.1. The van der Waals surface area contributed by atoms with E-state index in [1.54, 1.807) is 0 Å². The summed E-state index contributed by atoms with van der Waals surface area (Å²) in [6, 6.07) is 11.6. The van der Waals surface area contributed by atoms with Gasteiger partial charge in [0.1, 0.15) is 0 Å². The zero-order chi connectivity index (χ0) is 33.6. The van der Waals surface area contributed by atoms with E-state index in [-0.39, 0.29) is 29.0 Å². The maximum atomic E-state index is 12.2. The first kappa shape index (κ1) is 34.2. The molecule has 0 radical (unpaired) electrons. The number of aliphatic hydroxyl groups is 3. The average molecular weight is 660 g/mol. The summed E-state index contributed by atoms with van der Waals surface area (Å²) in [5, 5.41) is 36.1. The number of nitrogens with zero attached hydrogens (tertiary/aromatic N) is 1. The fourth-order valence-electron chi connectivity index (χ4n) is 15.0. The van der Waals surface area contributed by atoms with Gasteiger partial charge in [0, 0.05) is 19.1 Å². The highest BCUT2D eigenvalue weighted by Crippen LogP contribution is 2.71. The van der Waals surface area contributed by atoms with Crippen molar-refractivity contribution < 1.29 is 15.3 Å². The SMILES string of the molecule is CC(C)CCC(CC1CCC2(C1)CC1(C)C(CC2O)C(O)CC2C3CCC4C(CN5CC(C)CCC5C4(C)O)C3CC21)c1ccccc1. The quantitative estimate of drug-likeness (QED) is 0.286. The molecule has 1 aromatic rings. The summed E-state index contributed by atoms with van der Waals surface area (Å²) in [5.41, 5.74) is 1.03. The van der Waals surface area contributed by atoms with E-state index < -0.39 is 5.60 Å². The van der Waals surface area contributed by atoms with Crippen LogP contribution in [0.15, 0.2) is 30.3 Å². The van der Waals surface area contributed by atoms with Gasteiger partial charge in [0.2, 0.25) is 0 Å². The molecule has 4 heteroatoms. The van der Waals surface area contributed by atoms with Crippen molar-refractivity contribution in [1.29, 1.82) is 0 Å². The minimum Gasteiger partial charge on any atom is -0.393 e. The molecule has 4 nitrogen and oxygen atoms in total. The second-order valence-corrected chi connectivity index (χ2v) is 20.2. The molecule has 0 bridgehead atoms. The Morgan fingerprint density at radius 2 is 1.60 bits per heavy atom. The Labute approximate surface area is 292 Å². The van der Waals surface area contributed by atoms with Crippen LogP contribution in [0.4, 0.5) is 0 Å². The van der Waals surface area contributed by atoms with E-state index >= 15 is 0 Å². The molecule has 2 saturated heterocycles. The molecule has 7 fully saturated rings. The van der Waals surface area contributed by atoms with Gasteiger partial charge in [-0.25, -0.2) is 0 Å². The number of rotatable bonds is 6. The van der Waals surface area contributed by atoms with Crippen LogP contribution in [0, 0.1) is 70.0 Å². The molecule has 0 amide bonds. The highest BCUT2D eigenvalue weighted by molar-refractivity contribution is 5.21. The van der Waals surface area contributed by atoms with Crippen LogP contribution in [0.2, 0.25) is 0 Å². The molecule has 16 unspecified atom stereocenters. The van der Waals surface area contributed by atoms with E-state index in [1.807, 2.05) is 0 Å². The normalized spacial score (nSPS) is 50.8. The minimum atomic E-state index is -0.585. The fourth-order valence-corrected chi connectivity index (χ4v) is 15.0. The number of hydrogen-bond donors (Lipinski definition) is 3. The Morgan fingerprint density at radius 1 is 0.812 bits per heavy atom. The van der Waals surface area contributed by atoms with Gasteiger partial charge in [0.15, 0.2) is 0 Å². The van der Waals surface area contributed by atoms with Crippen molar-refractivity contribution in [2.24, 2.45) is 70.0 Å². The van der Waals surface area contributed by atoms with E-state index in [0.29, 0.717) is 53.4 Å². The van der Waals surface area contributed by atoms with Crippen LogP contribution >= 0.6 is 0 Å². The Kier molecular flexibility index (Phi) is 8.99. The summed E-state index contributed by atoms with van der Waals surface area (Å²) in [6.07, 6.45) is 15.8. The number of piperidine rings is 2. The summed E-state index contributed by atoms with van der Waals surface area (Å²) in [4.78, 5) is 2.72. The summed E-state index contributed by atoms with van der Waals surface area (Å²) in [5.74, 6) is 6.61. The van der Waals surface area contributed by atoms with Gasteiger partial charge in [-0.2, -0.15) is 0 Å². The van der Waals surface area contributed by atoms with Crippen LogP contribution in [-0.2, 0) is 0 Å². The van der Waals surface area contributed by atoms with E-state index in [4.69, 9.17) is 0 Å². The van der Waals surface area contributed by atoms with Crippen molar-refractivity contribution in [3.05, 3.63) is 35.9 Å². The summed E-state index contributed by atoms with van der Waals surface area (Å²) in [6.45, 7) is 14.2. The smallest absolute Gasteiger partial charge is 0.0805 e. The summed E-state index contributed by atoms with van der Waals surface area (Å²) < 4.78 is 0. The third-order valence-corrected chi connectivity index (χ3v) is 17.1. The van der Waals surface area contributed by atoms with Crippen LogP contribution in [0.1, 0.15) is 136 Å². The number of fused-ring (bicyclic) bond motifs is 8. The Bertz CT molecular complexity index is 1280. The van der Waals surface area contributed by atoms with Gasteiger partial charge in [0.05, 0.1) is 17.8 Å². The van der Waals surface area contributed by atoms with Gasteiger partial charge in [-0.15, -0.1) is 0 Å². The molecule has 16 atom stereocenters. The van der Waals surface area contributed by atoms with Crippen molar-refractivity contribution in [3.63, 3.8) is 0 Å². The lowest BCUT2D eigenvalue weighted by molar-refractivity contribution is -0.180. The first-order chi connectivity index (χ1) is 22.9. The van der Waals surface area contributed by atoms with Crippen LogP contribution in [-0.4, -0.2) is 57.2 Å². The first-order valence-corrected chi connectivity index (χ1v) is 20.8. The molecular formula is C44H69NO3. The highest BCUT2D eigenvalue weighted by Gasteiger charge is 2.67. The maximum Gasteiger partial charge on any atom is 0.0805 e. The second kappa shape index (κ2) is 12.6. The monoisotopic (exact) mass is 660 g/mol. The van der Waals surface area contributed by atoms with Crippen LogP contribution in [0.3, 0.4) is 0 Å². The predicted octanol–water partition coefficient (Wildman–Crippen LogP) is 8.68. The number of benzene rings is 1. The summed E-state index contributed by atoms with van der Waals surface area (Å²) in [7, 11) is 0. The zero-order valence-electron chi connectivity index (χ0n) is 31.1. The molecule has 268 valence electrons. The average Bonchev–Trinajstić information content (AvgIpc) is 3.63. The van der Waals surface area contributed by atoms with Crippen LogP contribution < -0.4 is 0 Å². The predicted molar refractivity (Wildman–Crippen MR) is 194 cm³/mol. The molecule has 1 spiro atoms. The Hall–Kier alpha value is -0.940. The molecular weight excluding hydrogens is 590 g/mol. The highest BCUT2D eigenvalue weighted by atomic mass is 16.3. The van der Waals surface area contributed by atoms with Crippen LogP contribution in [0.25, 0.3) is 0 Å². The van der Waals surface area contributed by atoms with Gasteiger partial charge in [-0.05, 0) is 172 Å². The van der Waals surface area contributed by atoms with Crippen molar-refractivity contribution in [2.75, 3.05) is 13.1 Å². The van der Waals surface area contributed by atoms with Crippen molar-refractivity contribution in [1.82, 2.24) is 4.90 Å². The zero-order valence-corrected chi connectivity index (χ0v) is 31.1. The van der Waals surface area contributed by atoms with Gasteiger partial charge in [-0.1, -0.05) is 64.4 Å². The number of hydrogen-bond acceptors (Lipinski definition) is 4. The fraction of sp³-hybridized carbons (Fsp3) is 0.864. The van der Waals surface area contributed by atoms with Gasteiger partial charge in [0.25, 0.3) is 0 Å². The minimum absolute atomic E-state index is 0.0127. The van der Waals surface area contributed by atoms with E-state index in [2.05, 4.69) is 69.9 Å². The molecule has 3 N–H and O–H groups in total. The van der Waals surface area contributed by atoms with Crippen molar-refractivity contribution in [3.8, 4) is 0 Å². The Morgan fingerprint density at radius 3 is 2.38 bits per heavy atom. The topological polar surface area (TPSA) is 63.9 Å². The molecule has 5 aliphatic carbocycles. The van der Waals surface area contributed by atoms with Gasteiger partial charge < -0.3 is 15.3 Å². The van der Waals surface area contributed by atoms with Gasteiger partial charge >= 0.3 is 0 Å². The van der Waals surface area contributed by atoms with Crippen molar-refractivity contribution >= 4 is 0 Å². The molecule has 48 heavy (non-hydrogen) atoms. The van der Waals surface area contributed by atoms with E-state index in [0.717, 1.165) is 50.5 Å². The molecule has 7 aliphatic rings. The lowest BCUT2D eigenvalue weighted by Crippen LogP contribution is -2.67. The van der Waals surface area contributed by atoms with Crippen molar-refractivity contribution in [2.45, 2.75) is 154 Å².